The van der Waals surface area contributed by atoms with Crippen molar-refractivity contribution in [3.8, 4) is 0 Å². The first kappa shape index (κ1) is 14.0. The number of nitrogens with one attached hydrogen (secondary N) is 1. The highest BCUT2D eigenvalue weighted by atomic mass is 79.9. The standard InChI is InChI=1S/C12H18BrN5O/c1-3-4-14-11-10(13)12(16-8-15-11)18-6-5-17(2)9(19)7-18/h8H,3-7H2,1-2H3,(H,14,15,16). The maximum absolute atomic E-state index is 11.8. The third-order valence-corrected chi connectivity index (χ3v) is 3.80. The molecule has 1 amide bonds. The largest absolute Gasteiger partial charge is 0.369 e. The summed E-state index contributed by atoms with van der Waals surface area (Å²) in [6, 6.07) is 0. The zero-order valence-electron chi connectivity index (χ0n) is 11.2. The van der Waals surface area contributed by atoms with Crippen LogP contribution in [-0.4, -0.2) is 54.0 Å². The second kappa shape index (κ2) is 6.18. The van der Waals surface area contributed by atoms with Gasteiger partial charge in [0, 0.05) is 26.7 Å². The molecule has 1 aliphatic rings. The molecule has 0 atom stereocenters. The van der Waals surface area contributed by atoms with Gasteiger partial charge in [0.25, 0.3) is 0 Å². The van der Waals surface area contributed by atoms with Crippen molar-refractivity contribution in [3.63, 3.8) is 0 Å². The quantitative estimate of drug-likeness (QED) is 0.904. The third kappa shape index (κ3) is 3.15. The van der Waals surface area contributed by atoms with Crippen LogP contribution >= 0.6 is 15.9 Å². The zero-order chi connectivity index (χ0) is 13.8. The molecule has 1 N–H and O–H groups in total. The van der Waals surface area contributed by atoms with Crippen molar-refractivity contribution in [2.24, 2.45) is 0 Å². The Morgan fingerprint density at radius 3 is 2.89 bits per heavy atom. The summed E-state index contributed by atoms with van der Waals surface area (Å²) in [6.45, 7) is 4.82. The van der Waals surface area contributed by atoms with Gasteiger partial charge < -0.3 is 15.1 Å². The summed E-state index contributed by atoms with van der Waals surface area (Å²) in [6.07, 6.45) is 2.56. The molecule has 0 bridgehead atoms. The molecule has 0 unspecified atom stereocenters. The van der Waals surface area contributed by atoms with Crippen molar-refractivity contribution in [1.82, 2.24) is 14.9 Å². The molecule has 1 aliphatic heterocycles. The predicted molar refractivity (Wildman–Crippen MR) is 78.4 cm³/mol. The first-order valence-corrected chi connectivity index (χ1v) is 7.16. The number of likely N-dealkylation sites (N-methyl/N-ethyl adjacent to an activating group) is 1. The Bertz CT molecular complexity index is 467. The normalized spacial score (nSPS) is 15.8. The van der Waals surface area contributed by atoms with Gasteiger partial charge in [0.05, 0.1) is 6.54 Å². The Morgan fingerprint density at radius 1 is 1.42 bits per heavy atom. The number of anilines is 2. The van der Waals surface area contributed by atoms with Crippen LogP contribution in [0.25, 0.3) is 0 Å². The van der Waals surface area contributed by atoms with E-state index >= 15 is 0 Å². The molecule has 1 saturated heterocycles. The third-order valence-electron chi connectivity index (χ3n) is 3.07. The van der Waals surface area contributed by atoms with E-state index in [4.69, 9.17) is 0 Å². The van der Waals surface area contributed by atoms with Gasteiger partial charge in [0.2, 0.25) is 5.91 Å². The van der Waals surface area contributed by atoms with Crippen LogP contribution in [0.15, 0.2) is 10.8 Å². The Kier molecular flexibility index (Phi) is 4.57. The lowest BCUT2D eigenvalue weighted by Crippen LogP contribution is -2.49. The molecule has 1 fully saturated rings. The minimum Gasteiger partial charge on any atom is -0.369 e. The smallest absolute Gasteiger partial charge is 0.241 e. The molecular formula is C12H18BrN5O. The molecule has 1 aromatic heterocycles. The van der Waals surface area contributed by atoms with Crippen molar-refractivity contribution in [2.45, 2.75) is 13.3 Å². The van der Waals surface area contributed by atoms with Crippen molar-refractivity contribution < 1.29 is 4.79 Å². The van der Waals surface area contributed by atoms with Crippen LogP contribution in [0.1, 0.15) is 13.3 Å². The van der Waals surface area contributed by atoms with E-state index in [0.29, 0.717) is 13.1 Å². The summed E-state index contributed by atoms with van der Waals surface area (Å²) in [5.41, 5.74) is 0. The second-order valence-corrected chi connectivity index (χ2v) is 5.32. The molecular weight excluding hydrogens is 310 g/mol. The molecule has 2 rings (SSSR count). The Morgan fingerprint density at radius 2 is 2.21 bits per heavy atom. The maximum Gasteiger partial charge on any atom is 0.241 e. The average Bonchev–Trinajstić information content (AvgIpc) is 2.41. The number of aromatic nitrogens is 2. The van der Waals surface area contributed by atoms with Crippen LogP contribution in [0, 0.1) is 0 Å². The molecule has 2 heterocycles. The molecule has 1 aromatic rings. The highest BCUT2D eigenvalue weighted by Crippen LogP contribution is 2.29. The fourth-order valence-electron chi connectivity index (χ4n) is 1.89. The number of rotatable bonds is 4. The summed E-state index contributed by atoms with van der Waals surface area (Å²) in [4.78, 5) is 24.0. The number of nitrogens with zero attached hydrogens (tertiary/aromatic N) is 4. The van der Waals surface area contributed by atoms with Crippen LogP contribution in [0.2, 0.25) is 0 Å². The number of carbonyl (C=O) groups excluding carboxylic acids is 1. The molecule has 19 heavy (non-hydrogen) atoms. The van der Waals surface area contributed by atoms with E-state index in [0.717, 1.165) is 35.6 Å². The Balaban J connectivity index is 2.18. The van der Waals surface area contributed by atoms with Gasteiger partial charge in [-0.3, -0.25) is 4.79 Å². The number of amides is 1. The number of hydrogen-bond donors (Lipinski definition) is 1. The minimum absolute atomic E-state index is 0.111. The van der Waals surface area contributed by atoms with E-state index in [9.17, 15) is 4.79 Å². The lowest BCUT2D eigenvalue weighted by molar-refractivity contribution is -0.129. The van der Waals surface area contributed by atoms with Gasteiger partial charge in [0.1, 0.15) is 22.4 Å². The predicted octanol–water partition coefficient (Wildman–Crippen LogP) is 1.34. The lowest BCUT2D eigenvalue weighted by atomic mass is 10.3. The summed E-state index contributed by atoms with van der Waals surface area (Å²) in [5, 5.41) is 3.24. The van der Waals surface area contributed by atoms with Gasteiger partial charge in [-0.2, -0.15) is 0 Å². The Labute approximate surface area is 121 Å². The van der Waals surface area contributed by atoms with Gasteiger partial charge in [-0.1, -0.05) is 6.92 Å². The van der Waals surface area contributed by atoms with Crippen molar-refractivity contribution in [2.75, 3.05) is 43.4 Å². The highest BCUT2D eigenvalue weighted by molar-refractivity contribution is 9.10. The van der Waals surface area contributed by atoms with Gasteiger partial charge in [-0.25, -0.2) is 9.97 Å². The van der Waals surface area contributed by atoms with Crippen LogP contribution in [-0.2, 0) is 4.79 Å². The molecule has 0 radical (unpaired) electrons. The van der Waals surface area contributed by atoms with Gasteiger partial charge >= 0.3 is 0 Å². The van der Waals surface area contributed by atoms with Crippen LogP contribution in [0.5, 0.6) is 0 Å². The molecule has 0 spiro atoms. The van der Waals surface area contributed by atoms with E-state index in [1.54, 1.807) is 4.90 Å². The molecule has 7 heteroatoms. The molecule has 0 aliphatic carbocycles. The Hall–Kier alpha value is -1.37. The first-order valence-electron chi connectivity index (χ1n) is 6.36. The van der Waals surface area contributed by atoms with E-state index < -0.39 is 0 Å². The van der Waals surface area contributed by atoms with Crippen LogP contribution in [0.4, 0.5) is 11.6 Å². The van der Waals surface area contributed by atoms with Gasteiger partial charge in [0.15, 0.2) is 0 Å². The van der Waals surface area contributed by atoms with Crippen molar-refractivity contribution in [3.05, 3.63) is 10.8 Å². The molecule has 0 saturated carbocycles. The van der Waals surface area contributed by atoms with E-state index in [1.807, 2.05) is 11.9 Å². The van der Waals surface area contributed by atoms with Gasteiger partial charge in [-0.15, -0.1) is 0 Å². The molecule has 0 aromatic carbocycles. The van der Waals surface area contributed by atoms with Crippen LogP contribution in [0.3, 0.4) is 0 Å². The fourth-order valence-corrected chi connectivity index (χ4v) is 2.48. The zero-order valence-corrected chi connectivity index (χ0v) is 12.8. The highest BCUT2D eigenvalue weighted by Gasteiger charge is 2.24. The lowest BCUT2D eigenvalue weighted by Gasteiger charge is -2.33. The number of halogens is 1. The topological polar surface area (TPSA) is 61.4 Å². The van der Waals surface area contributed by atoms with E-state index in [-0.39, 0.29) is 5.91 Å². The van der Waals surface area contributed by atoms with E-state index in [1.165, 1.54) is 6.33 Å². The maximum atomic E-state index is 11.8. The summed E-state index contributed by atoms with van der Waals surface area (Å²) < 4.78 is 0.820. The van der Waals surface area contributed by atoms with Crippen molar-refractivity contribution >= 4 is 33.5 Å². The van der Waals surface area contributed by atoms with Crippen molar-refractivity contribution in [1.29, 1.82) is 0 Å². The SMILES string of the molecule is CCCNc1ncnc(N2CCN(C)C(=O)C2)c1Br. The van der Waals surface area contributed by atoms with E-state index in [2.05, 4.69) is 38.1 Å². The summed E-state index contributed by atoms with van der Waals surface area (Å²) in [5.74, 6) is 1.66. The number of hydrogen-bond acceptors (Lipinski definition) is 5. The summed E-state index contributed by atoms with van der Waals surface area (Å²) >= 11 is 3.53. The number of carbonyl (C=O) groups is 1. The molecule has 6 nitrogen and oxygen atoms in total. The fraction of sp³-hybridized carbons (Fsp3) is 0.583. The average molecular weight is 328 g/mol. The second-order valence-electron chi connectivity index (χ2n) is 4.52. The number of piperazine rings is 1. The monoisotopic (exact) mass is 327 g/mol. The van der Waals surface area contributed by atoms with Gasteiger partial charge in [-0.05, 0) is 22.4 Å². The minimum atomic E-state index is 0.111. The first-order chi connectivity index (χ1) is 9.13. The van der Waals surface area contributed by atoms with Crippen LogP contribution < -0.4 is 10.2 Å². The summed E-state index contributed by atoms with van der Waals surface area (Å²) in [7, 11) is 1.82. The molecule has 104 valence electrons.